The Balaban J connectivity index is 1.62. The highest BCUT2D eigenvalue weighted by molar-refractivity contribution is 7.89. The predicted octanol–water partition coefficient (Wildman–Crippen LogP) is 2.57. The van der Waals surface area contributed by atoms with Crippen LogP contribution < -0.4 is 9.80 Å². The fourth-order valence-corrected chi connectivity index (χ4v) is 5.77. The van der Waals surface area contributed by atoms with Crippen LogP contribution in [0.2, 0.25) is 0 Å². The van der Waals surface area contributed by atoms with E-state index in [0.29, 0.717) is 43.0 Å². The van der Waals surface area contributed by atoms with Crippen molar-refractivity contribution in [3.63, 3.8) is 0 Å². The summed E-state index contributed by atoms with van der Waals surface area (Å²) >= 11 is 0. The number of fused-ring (bicyclic) bond motifs is 1. The van der Waals surface area contributed by atoms with Gasteiger partial charge in [0.2, 0.25) is 21.8 Å². The van der Waals surface area contributed by atoms with Crippen LogP contribution in [0.5, 0.6) is 0 Å². The van der Waals surface area contributed by atoms with Crippen molar-refractivity contribution >= 4 is 39.1 Å². The Morgan fingerprint density at radius 1 is 0.969 bits per heavy atom. The van der Waals surface area contributed by atoms with Crippen LogP contribution in [0.15, 0.2) is 47.4 Å². The molecule has 0 spiro atoms. The van der Waals surface area contributed by atoms with Crippen LogP contribution in [0, 0.1) is 0 Å². The summed E-state index contributed by atoms with van der Waals surface area (Å²) in [5.74, 6) is -0.801. The van der Waals surface area contributed by atoms with Gasteiger partial charge in [-0.1, -0.05) is 19.9 Å². The summed E-state index contributed by atoms with van der Waals surface area (Å²) in [5, 5.41) is 0. The maximum atomic E-state index is 13.2. The number of anilines is 2. The minimum atomic E-state index is -3.58. The average Bonchev–Trinajstić information content (AvgIpc) is 3.36. The molecule has 9 heteroatoms. The van der Waals surface area contributed by atoms with E-state index in [2.05, 4.69) is 0 Å². The molecule has 8 nitrogen and oxygen atoms in total. The zero-order chi connectivity index (χ0) is 23.0. The molecule has 0 aromatic heterocycles. The van der Waals surface area contributed by atoms with Gasteiger partial charge in [0.25, 0.3) is 5.91 Å². The third kappa shape index (κ3) is 3.71. The van der Waals surface area contributed by atoms with Crippen LogP contribution in [-0.4, -0.2) is 50.1 Å². The van der Waals surface area contributed by atoms with Crippen LogP contribution in [0.3, 0.4) is 0 Å². The molecule has 0 radical (unpaired) electrons. The molecule has 1 saturated heterocycles. The van der Waals surface area contributed by atoms with Crippen LogP contribution in [0.1, 0.15) is 42.6 Å². The van der Waals surface area contributed by atoms with Gasteiger partial charge in [-0.2, -0.15) is 4.31 Å². The number of hydrogen-bond acceptors (Lipinski definition) is 5. The summed E-state index contributed by atoms with van der Waals surface area (Å²) in [6.45, 7) is 4.80. The second kappa shape index (κ2) is 8.48. The van der Waals surface area contributed by atoms with E-state index in [1.807, 2.05) is 0 Å². The Hall–Kier alpha value is -3.04. The van der Waals surface area contributed by atoms with Crippen molar-refractivity contribution in [2.45, 2.75) is 38.0 Å². The van der Waals surface area contributed by atoms with Gasteiger partial charge in [-0.3, -0.25) is 19.3 Å². The van der Waals surface area contributed by atoms with Gasteiger partial charge < -0.3 is 4.90 Å². The first-order chi connectivity index (χ1) is 15.3. The second-order valence-electron chi connectivity index (χ2n) is 7.76. The number of hydrogen-bond donors (Lipinski definition) is 0. The van der Waals surface area contributed by atoms with Crippen molar-refractivity contribution in [1.29, 1.82) is 0 Å². The van der Waals surface area contributed by atoms with Gasteiger partial charge in [-0.15, -0.1) is 0 Å². The molecule has 0 aliphatic carbocycles. The summed E-state index contributed by atoms with van der Waals surface area (Å²) in [4.78, 5) is 40.3. The number of nitrogens with zero attached hydrogens (tertiary/aromatic N) is 3. The first-order valence-electron chi connectivity index (χ1n) is 10.7. The van der Waals surface area contributed by atoms with Gasteiger partial charge in [0.1, 0.15) is 0 Å². The highest BCUT2D eigenvalue weighted by atomic mass is 32.2. The molecule has 0 N–H and O–H groups in total. The van der Waals surface area contributed by atoms with Crippen LogP contribution in [0.25, 0.3) is 0 Å². The van der Waals surface area contributed by atoms with Crippen LogP contribution in [-0.2, 0) is 26.0 Å². The number of benzene rings is 2. The molecule has 2 aliphatic heterocycles. The molecule has 2 aromatic rings. The third-order valence-corrected chi connectivity index (χ3v) is 7.98. The van der Waals surface area contributed by atoms with Crippen molar-refractivity contribution in [3.8, 4) is 0 Å². The molecule has 168 valence electrons. The van der Waals surface area contributed by atoms with E-state index >= 15 is 0 Å². The molecule has 3 amide bonds. The average molecular weight is 456 g/mol. The summed E-state index contributed by atoms with van der Waals surface area (Å²) in [7, 11) is -3.58. The summed E-state index contributed by atoms with van der Waals surface area (Å²) < 4.78 is 27.1. The van der Waals surface area contributed by atoms with Crippen molar-refractivity contribution in [1.82, 2.24) is 4.31 Å². The molecule has 32 heavy (non-hydrogen) atoms. The predicted molar refractivity (Wildman–Crippen MR) is 120 cm³/mol. The molecule has 0 saturated carbocycles. The molecular formula is C23H25N3O5S. The number of carbonyl (C=O) groups excluding carboxylic acids is 3. The smallest absolute Gasteiger partial charge is 0.258 e. The highest BCUT2D eigenvalue weighted by Gasteiger charge is 2.32. The van der Waals surface area contributed by atoms with E-state index in [1.54, 1.807) is 55.1 Å². The van der Waals surface area contributed by atoms with Gasteiger partial charge >= 0.3 is 0 Å². The molecule has 2 aromatic carbocycles. The van der Waals surface area contributed by atoms with Gasteiger partial charge in [-0.25, -0.2) is 8.42 Å². The minimum Gasteiger partial charge on any atom is -0.308 e. The van der Waals surface area contributed by atoms with Crippen molar-refractivity contribution in [3.05, 3.63) is 53.6 Å². The van der Waals surface area contributed by atoms with E-state index in [4.69, 9.17) is 0 Å². The van der Waals surface area contributed by atoms with Crippen LogP contribution >= 0.6 is 0 Å². The minimum absolute atomic E-state index is 0.176. The monoisotopic (exact) mass is 455 g/mol. The van der Waals surface area contributed by atoms with E-state index in [9.17, 15) is 22.8 Å². The molecule has 4 rings (SSSR count). The highest BCUT2D eigenvalue weighted by Crippen LogP contribution is 2.33. The van der Waals surface area contributed by atoms with Crippen molar-refractivity contribution in [2.75, 3.05) is 29.4 Å². The number of imide groups is 1. The van der Waals surface area contributed by atoms with Crippen molar-refractivity contribution in [2.24, 2.45) is 0 Å². The molecule has 0 atom stereocenters. The number of rotatable bonds is 6. The number of amides is 3. The molecular weight excluding hydrogens is 430 g/mol. The van der Waals surface area contributed by atoms with Crippen molar-refractivity contribution < 1.29 is 22.8 Å². The number of sulfonamides is 1. The Bertz CT molecular complexity index is 1190. The normalized spacial score (nSPS) is 16.2. The zero-order valence-corrected chi connectivity index (χ0v) is 18.9. The lowest BCUT2D eigenvalue weighted by Gasteiger charge is -2.21. The summed E-state index contributed by atoms with van der Waals surface area (Å²) in [6, 6.07) is 11.4. The first-order valence-corrected chi connectivity index (χ1v) is 12.1. The lowest BCUT2D eigenvalue weighted by atomic mass is 10.1. The van der Waals surface area contributed by atoms with E-state index in [0.717, 1.165) is 10.5 Å². The molecule has 0 bridgehead atoms. The Morgan fingerprint density at radius 3 is 2.31 bits per heavy atom. The Morgan fingerprint density at radius 2 is 1.66 bits per heavy atom. The molecule has 2 aliphatic rings. The van der Waals surface area contributed by atoms with Gasteiger partial charge in [0.05, 0.1) is 10.6 Å². The Labute approximate surface area is 187 Å². The van der Waals surface area contributed by atoms with E-state index < -0.39 is 10.0 Å². The van der Waals surface area contributed by atoms with Gasteiger partial charge in [-0.05, 0) is 48.4 Å². The molecule has 2 heterocycles. The third-order valence-electron chi connectivity index (χ3n) is 5.94. The lowest BCUT2D eigenvalue weighted by Crippen LogP contribution is -2.31. The summed E-state index contributed by atoms with van der Waals surface area (Å²) in [5.41, 5.74) is 2.23. The van der Waals surface area contributed by atoms with E-state index in [1.165, 1.54) is 10.4 Å². The maximum Gasteiger partial charge on any atom is 0.258 e. The largest absolute Gasteiger partial charge is 0.308 e. The van der Waals surface area contributed by atoms with Crippen LogP contribution in [0.4, 0.5) is 11.4 Å². The van der Waals surface area contributed by atoms with Gasteiger partial charge in [0.15, 0.2) is 0 Å². The SMILES string of the molecule is CCN(CC)S(=O)(=O)c1ccc2c(c1)CCN2C(=O)c1cccc(N2C(=O)CCC2=O)c1. The zero-order valence-electron chi connectivity index (χ0n) is 18.1. The topological polar surface area (TPSA) is 95.1 Å². The fourth-order valence-electron chi connectivity index (χ4n) is 4.26. The molecule has 0 unspecified atom stereocenters. The second-order valence-corrected chi connectivity index (χ2v) is 9.70. The number of carbonyl (C=O) groups is 3. The van der Waals surface area contributed by atoms with Gasteiger partial charge in [0, 0.05) is 43.7 Å². The summed E-state index contributed by atoms with van der Waals surface area (Å²) in [6.07, 6.45) is 0.899. The fraction of sp³-hybridized carbons (Fsp3) is 0.348. The standard InChI is InChI=1S/C23H25N3O5S/c1-3-24(4-2)32(30,31)19-8-9-20-16(15-19)12-13-25(20)23(29)17-6-5-7-18(14-17)26-21(27)10-11-22(26)28/h5-9,14-15H,3-4,10-13H2,1-2H3. The molecule has 1 fully saturated rings. The lowest BCUT2D eigenvalue weighted by molar-refractivity contribution is -0.121. The quantitative estimate of drug-likeness (QED) is 0.624. The van der Waals surface area contributed by atoms with E-state index in [-0.39, 0.29) is 35.5 Å². The Kier molecular flexibility index (Phi) is 5.87. The maximum absolute atomic E-state index is 13.2. The first kappa shape index (κ1) is 22.2.